The lowest BCUT2D eigenvalue weighted by atomic mass is 9.74. The smallest absolute Gasteiger partial charge is 0.260 e. The Morgan fingerprint density at radius 1 is 1.12 bits per heavy atom. The predicted octanol–water partition coefficient (Wildman–Crippen LogP) is 3.29. The lowest BCUT2D eigenvalue weighted by Gasteiger charge is -2.37. The van der Waals surface area contributed by atoms with Gasteiger partial charge in [0.2, 0.25) is 0 Å². The quantitative estimate of drug-likeness (QED) is 0.859. The molecule has 128 valence electrons. The Kier molecular flexibility index (Phi) is 4.99. The molecule has 25 heavy (non-hydrogen) atoms. The average molecular weight is 338 g/mol. The van der Waals surface area contributed by atoms with Crippen LogP contribution in [0.25, 0.3) is 0 Å². The van der Waals surface area contributed by atoms with Gasteiger partial charge in [-0.15, -0.1) is 0 Å². The minimum absolute atomic E-state index is 0.0727. The van der Waals surface area contributed by atoms with E-state index in [-0.39, 0.29) is 18.3 Å². The number of hydrogen-bond acceptors (Lipinski definition) is 3. The zero-order valence-electron chi connectivity index (χ0n) is 13.8. The number of halogens is 1. The van der Waals surface area contributed by atoms with Gasteiger partial charge in [-0.2, -0.15) is 5.26 Å². The summed E-state index contributed by atoms with van der Waals surface area (Å²) in [5.74, 6) is -0.604. The van der Waals surface area contributed by atoms with E-state index in [1.807, 2.05) is 30.3 Å². The van der Waals surface area contributed by atoms with Crippen molar-refractivity contribution in [3.05, 3.63) is 66.0 Å². The first-order valence-corrected chi connectivity index (χ1v) is 8.26. The Hall–Kier alpha value is -2.87. The number of para-hydroxylation sites is 1. The highest BCUT2D eigenvalue weighted by molar-refractivity contribution is 5.78. The molecule has 1 amide bonds. The van der Waals surface area contributed by atoms with E-state index >= 15 is 0 Å². The van der Waals surface area contributed by atoms with E-state index in [2.05, 4.69) is 6.07 Å². The molecule has 0 spiro atoms. The Morgan fingerprint density at radius 3 is 2.40 bits per heavy atom. The van der Waals surface area contributed by atoms with Crippen molar-refractivity contribution in [3.8, 4) is 11.8 Å². The summed E-state index contributed by atoms with van der Waals surface area (Å²) in [5, 5.41) is 9.68. The van der Waals surface area contributed by atoms with Crippen molar-refractivity contribution in [1.82, 2.24) is 4.90 Å². The molecule has 0 N–H and O–H groups in total. The lowest BCUT2D eigenvalue weighted by molar-refractivity contribution is -0.134. The van der Waals surface area contributed by atoms with E-state index in [0.717, 1.165) is 5.56 Å². The van der Waals surface area contributed by atoms with E-state index in [1.165, 1.54) is 12.1 Å². The van der Waals surface area contributed by atoms with Crippen LogP contribution in [-0.2, 0) is 10.2 Å². The fourth-order valence-electron chi connectivity index (χ4n) is 3.15. The van der Waals surface area contributed by atoms with Gasteiger partial charge in [-0.05, 0) is 30.5 Å². The lowest BCUT2D eigenvalue weighted by Crippen LogP contribution is -2.46. The van der Waals surface area contributed by atoms with Crippen LogP contribution in [0.1, 0.15) is 18.4 Å². The third-order valence-electron chi connectivity index (χ3n) is 4.70. The van der Waals surface area contributed by atoms with Crippen LogP contribution in [0.4, 0.5) is 4.39 Å². The fraction of sp³-hybridized carbons (Fsp3) is 0.300. The molecule has 0 saturated carbocycles. The van der Waals surface area contributed by atoms with Crippen LogP contribution in [-0.4, -0.2) is 30.5 Å². The van der Waals surface area contributed by atoms with Gasteiger partial charge in [0.05, 0.1) is 11.5 Å². The Morgan fingerprint density at radius 2 is 1.76 bits per heavy atom. The number of nitriles is 1. The first kappa shape index (κ1) is 17.0. The number of nitrogens with zero attached hydrogens (tertiary/aromatic N) is 2. The highest BCUT2D eigenvalue weighted by Crippen LogP contribution is 2.34. The average Bonchev–Trinajstić information content (AvgIpc) is 2.68. The van der Waals surface area contributed by atoms with Gasteiger partial charge >= 0.3 is 0 Å². The number of likely N-dealkylation sites (tertiary alicyclic amines) is 1. The van der Waals surface area contributed by atoms with Crippen molar-refractivity contribution < 1.29 is 13.9 Å². The summed E-state index contributed by atoms with van der Waals surface area (Å²) >= 11 is 0. The number of carbonyl (C=O) groups is 1. The summed E-state index contributed by atoms with van der Waals surface area (Å²) < 4.78 is 18.8. The van der Waals surface area contributed by atoms with Gasteiger partial charge in [-0.1, -0.05) is 42.5 Å². The van der Waals surface area contributed by atoms with Gasteiger partial charge in [0, 0.05) is 13.1 Å². The second kappa shape index (κ2) is 7.35. The summed E-state index contributed by atoms with van der Waals surface area (Å²) in [6.07, 6.45) is 1.16. The number of ether oxygens (including phenoxy) is 1. The third-order valence-corrected chi connectivity index (χ3v) is 4.70. The molecule has 0 atom stereocenters. The number of rotatable bonds is 4. The predicted molar refractivity (Wildman–Crippen MR) is 91.4 cm³/mol. The van der Waals surface area contributed by atoms with E-state index in [9.17, 15) is 14.4 Å². The summed E-state index contributed by atoms with van der Waals surface area (Å²) in [7, 11) is 0. The first-order valence-electron chi connectivity index (χ1n) is 8.26. The molecule has 4 nitrogen and oxygen atoms in total. The zero-order chi connectivity index (χ0) is 17.7. The van der Waals surface area contributed by atoms with Crippen molar-refractivity contribution in [3.63, 3.8) is 0 Å². The maximum absolute atomic E-state index is 13.5. The molecule has 1 heterocycles. The Balaban J connectivity index is 1.59. The molecule has 0 aromatic heterocycles. The molecule has 0 aliphatic carbocycles. The van der Waals surface area contributed by atoms with Crippen LogP contribution >= 0.6 is 0 Å². The summed E-state index contributed by atoms with van der Waals surface area (Å²) in [6.45, 7) is 0.773. The number of amides is 1. The second-order valence-electron chi connectivity index (χ2n) is 6.16. The molecule has 0 radical (unpaired) electrons. The van der Waals surface area contributed by atoms with Gasteiger partial charge < -0.3 is 9.64 Å². The van der Waals surface area contributed by atoms with Gasteiger partial charge in [0.15, 0.2) is 18.2 Å². The van der Waals surface area contributed by atoms with E-state index < -0.39 is 11.2 Å². The molecule has 1 aliphatic heterocycles. The van der Waals surface area contributed by atoms with Crippen LogP contribution in [0.5, 0.6) is 5.75 Å². The highest BCUT2D eigenvalue weighted by Gasteiger charge is 2.37. The molecular weight excluding hydrogens is 319 g/mol. The Bertz CT molecular complexity index is 778. The van der Waals surface area contributed by atoms with Gasteiger partial charge in [-0.25, -0.2) is 4.39 Å². The van der Waals surface area contributed by atoms with Crippen molar-refractivity contribution in [2.45, 2.75) is 18.3 Å². The maximum Gasteiger partial charge on any atom is 0.260 e. The summed E-state index contributed by atoms with van der Waals surface area (Å²) in [4.78, 5) is 14.0. The van der Waals surface area contributed by atoms with Crippen molar-refractivity contribution >= 4 is 5.91 Å². The van der Waals surface area contributed by atoms with Crippen LogP contribution in [0, 0.1) is 17.1 Å². The monoisotopic (exact) mass is 338 g/mol. The first-order chi connectivity index (χ1) is 12.1. The molecule has 0 bridgehead atoms. The number of piperidine rings is 1. The molecule has 5 heteroatoms. The fourth-order valence-corrected chi connectivity index (χ4v) is 3.15. The minimum atomic E-state index is -0.551. The normalized spacial score (nSPS) is 16.1. The standard InChI is InChI=1S/C20H19FN2O2/c21-17-8-4-5-9-18(17)25-14-19(24)23-12-10-20(15-22,11-13-23)16-6-2-1-3-7-16/h1-9H,10-14H2. The van der Waals surface area contributed by atoms with Gasteiger partial charge in [0.25, 0.3) is 5.91 Å². The maximum atomic E-state index is 13.5. The summed E-state index contributed by atoms with van der Waals surface area (Å²) in [5.41, 5.74) is 0.442. The second-order valence-corrected chi connectivity index (χ2v) is 6.16. The molecule has 1 saturated heterocycles. The summed E-state index contributed by atoms with van der Waals surface area (Å²) in [6, 6.07) is 18.1. The molecule has 1 fully saturated rings. The van der Waals surface area contributed by atoms with Crippen molar-refractivity contribution in [1.29, 1.82) is 5.26 Å². The van der Waals surface area contributed by atoms with Gasteiger partial charge in [0.1, 0.15) is 0 Å². The minimum Gasteiger partial charge on any atom is -0.481 e. The number of benzene rings is 2. The van der Waals surface area contributed by atoms with Crippen molar-refractivity contribution in [2.75, 3.05) is 19.7 Å². The van der Waals surface area contributed by atoms with Crippen LogP contribution in [0.15, 0.2) is 54.6 Å². The van der Waals surface area contributed by atoms with E-state index in [0.29, 0.717) is 25.9 Å². The van der Waals surface area contributed by atoms with Crippen LogP contribution in [0.2, 0.25) is 0 Å². The van der Waals surface area contributed by atoms with E-state index in [1.54, 1.807) is 17.0 Å². The molecular formula is C20H19FN2O2. The van der Waals surface area contributed by atoms with Crippen LogP contribution in [0.3, 0.4) is 0 Å². The third kappa shape index (κ3) is 3.63. The largest absolute Gasteiger partial charge is 0.481 e. The Labute approximate surface area is 146 Å². The van der Waals surface area contributed by atoms with Crippen LogP contribution < -0.4 is 4.74 Å². The topological polar surface area (TPSA) is 53.3 Å². The zero-order valence-corrected chi connectivity index (χ0v) is 13.8. The molecule has 3 rings (SSSR count). The highest BCUT2D eigenvalue weighted by atomic mass is 19.1. The number of hydrogen-bond donors (Lipinski definition) is 0. The molecule has 0 unspecified atom stereocenters. The number of carbonyl (C=O) groups excluding carboxylic acids is 1. The van der Waals surface area contributed by atoms with Gasteiger partial charge in [-0.3, -0.25) is 4.79 Å². The molecule has 2 aromatic carbocycles. The SMILES string of the molecule is N#CC1(c2ccccc2)CCN(C(=O)COc2ccccc2F)CC1. The van der Waals surface area contributed by atoms with Crippen molar-refractivity contribution in [2.24, 2.45) is 0 Å². The molecule has 1 aliphatic rings. The van der Waals surface area contributed by atoms with E-state index in [4.69, 9.17) is 4.74 Å². The molecule has 2 aromatic rings.